The Morgan fingerprint density at radius 2 is 1.69 bits per heavy atom. The second kappa shape index (κ2) is 3.88. The van der Waals surface area contributed by atoms with Crippen molar-refractivity contribution in [2.75, 3.05) is 6.54 Å². The van der Waals surface area contributed by atoms with Gasteiger partial charge in [-0.05, 0) is 18.3 Å². The average Bonchev–Trinajstić information content (AvgIpc) is 2.60. The number of rotatable bonds is 2. The number of imide groups is 1. The normalized spacial score (nSPS) is 24.1. The molecule has 2 amide bonds. The first-order valence-electron chi connectivity index (χ1n) is 5.57. The van der Waals surface area contributed by atoms with E-state index in [4.69, 9.17) is 5.11 Å². The van der Waals surface area contributed by atoms with Crippen LogP contribution in [0.3, 0.4) is 0 Å². The SMILES string of the molecule is O=C(O)CN1C(=O)CC2(CCCC2)CC1=O. The highest BCUT2D eigenvalue weighted by Crippen LogP contribution is 2.46. The summed E-state index contributed by atoms with van der Waals surface area (Å²) in [6.45, 7) is -0.492. The number of carbonyl (C=O) groups excluding carboxylic acids is 2. The Hall–Kier alpha value is -1.39. The lowest BCUT2D eigenvalue weighted by molar-refractivity contribution is -0.159. The molecule has 0 aromatic heterocycles. The van der Waals surface area contributed by atoms with E-state index in [9.17, 15) is 14.4 Å². The molecule has 1 saturated heterocycles. The molecule has 1 aliphatic carbocycles. The minimum absolute atomic E-state index is 0.150. The van der Waals surface area contributed by atoms with Crippen LogP contribution in [0, 0.1) is 5.41 Å². The van der Waals surface area contributed by atoms with E-state index >= 15 is 0 Å². The Bertz CT molecular complexity index is 324. The van der Waals surface area contributed by atoms with Crippen LogP contribution in [-0.4, -0.2) is 34.3 Å². The molecule has 1 N–H and O–H groups in total. The fraction of sp³-hybridized carbons (Fsp3) is 0.727. The van der Waals surface area contributed by atoms with Crippen molar-refractivity contribution in [3.05, 3.63) is 0 Å². The molecule has 1 heterocycles. The summed E-state index contributed by atoms with van der Waals surface area (Å²) in [4.78, 5) is 34.9. The van der Waals surface area contributed by atoms with Gasteiger partial charge in [0.2, 0.25) is 11.8 Å². The maximum Gasteiger partial charge on any atom is 0.323 e. The zero-order valence-corrected chi connectivity index (χ0v) is 9.07. The van der Waals surface area contributed by atoms with Gasteiger partial charge in [0.15, 0.2) is 0 Å². The third-order valence-corrected chi connectivity index (χ3v) is 3.61. The summed E-state index contributed by atoms with van der Waals surface area (Å²) in [7, 11) is 0. The molecule has 0 radical (unpaired) electrons. The summed E-state index contributed by atoms with van der Waals surface area (Å²) in [6, 6.07) is 0. The lowest BCUT2D eigenvalue weighted by atomic mass is 9.76. The molecule has 0 unspecified atom stereocenters. The summed E-state index contributed by atoms with van der Waals surface area (Å²) in [5.74, 6) is -1.77. The van der Waals surface area contributed by atoms with Gasteiger partial charge in [0.05, 0.1) is 0 Å². The minimum atomic E-state index is -1.14. The number of likely N-dealkylation sites (tertiary alicyclic amines) is 1. The van der Waals surface area contributed by atoms with E-state index in [-0.39, 0.29) is 17.2 Å². The molecular weight excluding hydrogens is 210 g/mol. The van der Waals surface area contributed by atoms with Crippen molar-refractivity contribution in [1.29, 1.82) is 0 Å². The predicted octanol–water partition coefficient (Wildman–Crippen LogP) is 0.780. The molecule has 16 heavy (non-hydrogen) atoms. The molecule has 2 rings (SSSR count). The minimum Gasteiger partial charge on any atom is -0.480 e. The standard InChI is InChI=1S/C11H15NO4/c13-8-5-11(3-1-2-4-11)6-9(14)12(8)7-10(15)16/h1-7H2,(H,15,16). The first-order valence-corrected chi connectivity index (χ1v) is 5.57. The molecule has 2 fully saturated rings. The smallest absolute Gasteiger partial charge is 0.323 e. The number of hydrogen-bond acceptors (Lipinski definition) is 3. The number of nitrogens with zero attached hydrogens (tertiary/aromatic N) is 1. The van der Waals surface area contributed by atoms with Gasteiger partial charge in [-0.3, -0.25) is 19.3 Å². The molecule has 1 spiro atoms. The zero-order valence-electron chi connectivity index (χ0n) is 9.07. The van der Waals surface area contributed by atoms with E-state index in [1.54, 1.807) is 0 Å². The van der Waals surface area contributed by atoms with Crippen LogP contribution < -0.4 is 0 Å². The van der Waals surface area contributed by atoms with Crippen LogP contribution in [-0.2, 0) is 14.4 Å². The summed E-state index contributed by atoms with van der Waals surface area (Å²) < 4.78 is 0. The van der Waals surface area contributed by atoms with Crippen molar-refractivity contribution < 1.29 is 19.5 Å². The van der Waals surface area contributed by atoms with Gasteiger partial charge in [-0.15, -0.1) is 0 Å². The van der Waals surface area contributed by atoms with Crippen LogP contribution in [0.5, 0.6) is 0 Å². The van der Waals surface area contributed by atoms with Crippen LogP contribution in [0.15, 0.2) is 0 Å². The van der Waals surface area contributed by atoms with E-state index in [1.807, 2.05) is 0 Å². The Morgan fingerprint density at radius 1 is 1.19 bits per heavy atom. The molecule has 1 aliphatic heterocycles. The molecule has 0 bridgehead atoms. The van der Waals surface area contributed by atoms with Gasteiger partial charge in [0.1, 0.15) is 6.54 Å². The van der Waals surface area contributed by atoms with E-state index in [2.05, 4.69) is 0 Å². The van der Waals surface area contributed by atoms with Crippen molar-refractivity contribution >= 4 is 17.8 Å². The van der Waals surface area contributed by atoms with Crippen LogP contribution >= 0.6 is 0 Å². The maximum absolute atomic E-state index is 11.7. The highest BCUT2D eigenvalue weighted by Gasteiger charge is 2.45. The zero-order chi connectivity index (χ0) is 11.8. The molecule has 0 aromatic rings. The van der Waals surface area contributed by atoms with E-state index < -0.39 is 12.5 Å². The van der Waals surface area contributed by atoms with E-state index in [0.29, 0.717) is 12.8 Å². The van der Waals surface area contributed by atoms with E-state index in [0.717, 1.165) is 30.6 Å². The molecule has 1 saturated carbocycles. The highest BCUT2D eigenvalue weighted by atomic mass is 16.4. The number of piperidine rings is 1. The van der Waals surface area contributed by atoms with Crippen molar-refractivity contribution in [2.45, 2.75) is 38.5 Å². The molecule has 0 atom stereocenters. The Labute approximate surface area is 93.4 Å². The molecule has 5 heteroatoms. The largest absolute Gasteiger partial charge is 0.480 e. The van der Waals surface area contributed by atoms with Gasteiger partial charge in [0.25, 0.3) is 0 Å². The summed E-state index contributed by atoms with van der Waals surface area (Å²) >= 11 is 0. The first kappa shape index (κ1) is 11.1. The lowest BCUT2D eigenvalue weighted by Crippen LogP contribution is -2.49. The lowest BCUT2D eigenvalue weighted by Gasteiger charge is -2.36. The maximum atomic E-state index is 11.7. The van der Waals surface area contributed by atoms with Gasteiger partial charge < -0.3 is 5.11 Å². The third kappa shape index (κ3) is 1.94. The fourth-order valence-corrected chi connectivity index (χ4v) is 2.82. The van der Waals surface area contributed by atoms with Crippen LogP contribution in [0.25, 0.3) is 0 Å². The van der Waals surface area contributed by atoms with E-state index in [1.165, 1.54) is 0 Å². The number of hydrogen-bond donors (Lipinski definition) is 1. The quantitative estimate of drug-likeness (QED) is 0.705. The van der Waals surface area contributed by atoms with Gasteiger partial charge in [-0.1, -0.05) is 12.8 Å². The number of carboxylic acid groups (broad SMARTS) is 1. The number of aliphatic carboxylic acids is 1. The number of carboxylic acids is 1. The third-order valence-electron chi connectivity index (χ3n) is 3.61. The number of carbonyl (C=O) groups is 3. The van der Waals surface area contributed by atoms with Crippen LogP contribution in [0.2, 0.25) is 0 Å². The molecule has 88 valence electrons. The summed E-state index contributed by atoms with van der Waals surface area (Å²) in [5, 5.41) is 8.61. The van der Waals surface area contributed by atoms with Gasteiger partial charge in [-0.25, -0.2) is 0 Å². The fourth-order valence-electron chi connectivity index (χ4n) is 2.82. The average molecular weight is 225 g/mol. The molecular formula is C11H15NO4. The molecule has 2 aliphatic rings. The predicted molar refractivity (Wildman–Crippen MR) is 54.5 cm³/mol. The monoisotopic (exact) mass is 225 g/mol. The van der Waals surface area contributed by atoms with Crippen molar-refractivity contribution in [2.24, 2.45) is 5.41 Å². The summed E-state index contributed by atoms with van der Waals surface area (Å²) in [5.41, 5.74) is -0.150. The van der Waals surface area contributed by atoms with Crippen LogP contribution in [0.1, 0.15) is 38.5 Å². The number of amides is 2. The van der Waals surface area contributed by atoms with Crippen molar-refractivity contribution in [3.8, 4) is 0 Å². The van der Waals surface area contributed by atoms with Crippen LogP contribution in [0.4, 0.5) is 0 Å². The van der Waals surface area contributed by atoms with Gasteiger partial charge in [0, 0.05) is 12.8 Å². The Balaban J connectivity index is 2.10. The summed E-state index contributed by atoms with van der Waals surface area (Å²) in [6.07, 6.45) is 4.66. The molecule has 0 aromatic carbocycles. The highest BCUT2D eigenvalue weighted by molar-refractivity contribution is 6.00. The van der Waals surface area contributed by atoms with Crippen molar-refractivity contribution in [3.63, 3.8) is 0 Å². The van der Waals surface area contributed by atoms with Crippen molar-refractivity contribution in [1.82, 2.24) is 4.90 Å². The first-order chi connectivity index (χ1) is 7.52. The van der Waals surface area contributed by atoms with Gasteiger partial charge >= 0.3 is 5.97 Å². The van der Waals surface area contributed by atoms with Gasteiger partial charge in [-0.2, -0.15) is 0 Å². The second-order valence-electron chi connectivity index (χ2n) is 4.83. The Morgan fingerprint density at radius 3 is 2.12 bits per heavy atom. The Kier molecular flexibility index (Phi) is 2.69. The topological polar surface area (TPSA) is 74.7 Å². The molecule has 5 nitrogen and oxygen atoms in total. The second-order valence-corrected chi connectivity index (χ2v) is 4.83.